The number of likely N-dealkylation sites (N-methyl/N-ethyl adjacent to an activating group) is 1. The SMILES string of the molecule is CCCNc1cc(N(C)C2CCOC2)nc(C2CC2)n1. The van der Waals surface area contributed by atoms with Crippen molar-refractivity contribution in [1.29, 1.82) is 0 Å². The summed E-state index contributed by atoms with van der Waals surface area (Å²) in [5.74, 6) is 3.57. The average Bonchev–Trinajstić information content (AvgIpc) is 3.19. The Hall–Kier alpha value is -1.36. The van der Waals surface area contributed by atoms with Gasteiger partial charge in [0.2, 0.25) is 0 Å². The van der Waals surface area contributed by atoms with Crippen LogP contribution in [0, 0.1) is 0 Å². The summed E-state index contributed by atoms with van der Waals surface area (Å²) in [4.78, 5) is 11.7. The molecule has 1 unspecified atom stereocenters. The number of aromatic nitrogens is 2. The highest BCUT2D eigenvalue weighted by molar-refractivity contribution is 5.50. The summed E-state index contributed by atoms with van der Waals surface area (Å²) in [6.45, 7) is 4.78. The lowest BCUT2D eigenvalue weighted by Gasteiger charge is -2.25. The molecule has 1 atom stereocenters. The average molecular weight is 276 g/mol. The summed E-state index contributed by atoms with van der Waals surface area (Å²) in [5.41, 5.74) is 0. The van der Waals surface area contributed by atoms with Crippen LogP contribution < -0.4 is 10.2 Å². The molecule has 1 aromatic rings. The summed E-state index contributed by atoms with van der Waals surface area (Å²) in [7, 11) is 2.11. The van der Waals surface area contributed by atoms with E-state index < -0.39 is 0 Å². The van der Waals surface area contributed by atoms with E-state index >= 15 is 0 Å². The Morgan fingerprint density at radius 1 is 1.35 bits per heavy atom. The highest BCUT2D eigenvalue weighted by Gasteiger charge is 2.29. The third kappa shape index (κ3) is 3.03. The maximum atomic E-state index is 5.48. The second kappa shape index (κ2) is 5.95. The first kappa shape index (κ1) is 13.6. The van der Waals surface area contributed by atoms with Crippen LogP contribution in [0.2, 0.25) is 0 Å². The Bertz CT molecular complexity index is 455. The number of nitrogens with zero attached hydrogens (tertiary/aromatic N) is 3. The van der Waals surface area contributed by atoms with Crippen molar-refractivity contribution in [2.24, 2.45) is 0 Å². The first-order valence-corrected chi connectivity index (χ1v) is 7.71. The zero-order valence-corrected chi connectivity index (χ0v) is 12.4. The molecule has 0 radical (unpaired) electrons. The van der Waals surface area contributed by atoms with Crippen LogP contribution in [0.4, 0.5) is 11.6 Å². The zero-order valence-electron chi connectivity index (χ0n) is 12.4. The van der Waals surface area contributed by atoms with E-state index in [0.717, 1.165) is 50.1 Å². The summed E-state index contributed by atoms with van der Waals surface area (Å²) in [6, 6.07) is 2.51. The lowest BCUT2D eigenvalue weighted by atomic mass is 10.2. The van der Waals surface area contributed by atoms with Gasteiger partial charge in [-0.1, -0.05) is 6.92 Å². The number of hydrogen-bond acceptors (Lipinski definition) is 5. The van der Waals surface area contributed by atoms with Crippen molar-refractivity contribution in [3.63, 3.8) is 0 Å². The molecule has 2 heterocycles. The number of rotatable bonds is 6. The molecular formula is C15H24N4O. The third-order valence-electron chi connectivity index (χ3n) is 4.04. The van der Waals surface area contributed by atoms with E-state index in [4.69, 9.17) is 9.72 Å². The third-order valence-corrected chi connectivity index (χ3v) is 4.04. The molecule has 0 aromatic carbocycles. The maximum Gasteiger partial charge on any atom is 0.136 e. The van der Waals surface area contributed by atoms with Gasteiger partial charge < -0.3 is 15.0 Å². The van der Waals surface area contributed by atoms with Crippen LogP contribution in [-0.4, -0.2) is 42.8 Å². The van der Waals surface area contributed by atoms with Crippen molar-refractivity contribution in [1.82, 2.24) is 9.97 Å². The molecule has 3 rings (SSSR count). The Morgan fingerprint density at radius 3 is 2.85 bits per heavy atom. The topological polar surface area (TPSA) is 50.3 Å². The number of nitrogens with one attached hydrogen (secondary N) is 1. The van der Waals surface area contributed by atoms with Crippen molar-refractivity contribution in [2.45, 2.75) is 44.6 Å². The van der Waals surface area contributed by atoms with Crippen LogP contribution >= 0.6 is 0 Å². The van der Waals surface area contributed by atoms with E-state index in [1.165, 1.54) is 12.8 Å². The molecule has 1 saturated carbocycles. The summed E-state index contributed by atoms with van der Waals surface area (Å²) in [6.07, 6.45) is 4.64. The van der Waals surface area contributed by atoms with Crippen LogP contribution in [0.3, 0.4) is 0 Å². The predicted molar refractivity (Wildman–Crippen MR) is 80.4 cm³/mol. The standard InChI is InChI=1S/C15H24N4O/c1-3-7-16-13-9-14(18-15(17-13)11-4-5-11)19(2)12-6-8-20-10-12/h9,11-12H,3-8,10H2,1-2H3,(H,16,17,18). The number of hydrogen-bond donors (Lipinski definition) is 1. The molecule has 2 aliphatic rings. The van der Waals surface area contributed by atoms with E-state index in [9.17, 15) is 0 Å². The lowest BCUT2D eigenvalue weighted by Crippen LogP contribution is -2.32. The lowest BCUT2D eigenvalue weighted by molar-refractivity contribution is 0.193. The molecule has 1 aromatic heterocycles. The van der Waals surface area contributed by atoms with Gasteiger partial charge in [-0.25, -0.2) is 9.97 Å². The summed E-state index contributed by atoms with van der Waals surface area (Å²) in [5, 5.41) is 3.39. The molecular weight excluding hydrogens is 252 g/mol. The maximum absolute atomic E-state index is 5.48. The number of anilines is 2. The van der Waals surface area contributed by atoms with E-state index in [1.807, 2.05) is 0 Å². The smallest absolute Gasteiger partial charge is 0.136 e. The highest BCUT2D eigenvalue weighted by atomic mass is 16.5. The van der Waals surface area contributed by atoms with Gasteiger partial charge in [-0.2, -0.15) is 0 Å². The van der Waals surface area contributed by atoms with Crippen LogP contribution in [0.25, 0.3) is 0 Å². The summed E-state index contributed by atoms with van der Waals surface area (Å²) < 4.78 is 5.48. The molecule has 2 fully saturated rings. The van der Waals surface area contributed by atoms with Crippen molar-refractivity contribution < 1.29 is 4.74 Å². The Morgan fingerprint density at radius 2 is 2.20 bits per heavy atom. The van der Waals surface area contributed by atoms with Crippen molar-refractivity contribution in [3.8, 4) is 0 Å². The molecule has 5 nitrogen and oxygen atoms in total. The van der Waals surface area contributed by atoms with Crippen LogP contribution in [0.15, 0.2) is 6.07 Å². The van der Waals surface area contributed by atoms with Gasteiger partial charge in [-0.15, -0.1) is 0 Å². The highest BCUT2D eigenvalue weighted by Crippen LogP contribution is 2.39. The Labute approximate surface area is 120 Å². The molecule has 20 heavy (non-hydrogen) atoms. The first-order chi connectivity index (χ1) is 9.78. The van der Waals surface area contributed by atoms with Gasteiger partial charge in [0.05, 0.1) is 12.6 Å². The van der Waals surface area contributed by atoms with Gasteiger partial charge >= 0.3 is 0 Å². The zero-order chi connectivity index (χ0) is 13.9. The minimum absolute atomic E-state index is 0.441. The molecule has 0 bridgehead atoms. The van der Waals surface area contributed by atoms with Gasteiger partial charge in [0.1, 0.15) is 17.5 Å². The second-order valence-electron chi connectivity index (χ2n) is 5.80. The fraction of sp³-hybridized carbons (Fsp3) is 0.733. The van der Waals surface area contributed by atoms with Crippen molar-refractivity contribution in [3.05, 3.63) is 11.9 Å². The Balaban J connectivity index is 1.81. The summed E-state index contributed by atoms with van der Waals surface area (Å²) >= 11 is 0. The van der Waals surface area contributed by atoms with Gasteiger partial charge in [-0.3, -0.25) is 0 Å². The fourth-order valence-corrected chi connectivity index (χ4v) is 2.52. The van der Waals surface area contributed by atoms with E-state index in [0.29, 0.717) is 12.0 Å². The van der Waals surface area contributed by atoms with E-state index in [1.54, 1.807) is 0 Å². The van der Waals surface area contributed by atoms with Crippen molar-refractivity contribution in [2.75, 3.05) is 37.0 Å². The normalized spacial score (nSPS) is 22.0. The molecule has 5 heteroatoms. The molecule has 1 saturated heterocycles. The molecule has 0 spiro atoms. The van der Waals surface area contributed by atoms with Gasteiger partial charge in [0.25, 0.3) is 0 Å². The van der Waals surface area contributed by atoms with E-state index in [-0.39, 0.29) is 0 Å². The van der Waals surface area contributed by atoms with Crippen LogP contribution in [0.5, 0.6) is 0 Å². The molecule has 110 valence electrons. The number of ether oxygens (including phenoxy) is 1. The molecule has 1 aliphatic heterocycles. The minimum Gasteiger partial charge on any atom is -0.379 e. The molecule has 0 amide bonds. The molecule has 1 N–H and O–H groups in total. The monoisotopic (exact) mass is 276 g/mol. The van der Waals surface area contributed by atoms with Crippen LogP contribution in [-0.2, 0) is 4.74 Å². The van der Waals surface area contributed by atoms with Gasteiger partial charge in [0, 0.05) is 32.2 Å². The first-order valence-electron chi connectivity index (χ1n) is 7.71. The van der Waals surface area contributed by atoms with Gasteiger partial charge in [0.15, 0.2) is 0 Å². The minimum atomic E-state index is 0.441. The van der Waals surface area contributed by atoms with E-state index in [2.05, 4.69) is 35.2 Å². The second-order valence-corrected chi connectivity index (χ2v) is 5.80. The fourth-order valence-electron chi connectivity index (χ4n) is 2.52. The van der Waals surface area contributed by atoms with Gasteiger partial charge in [-0.05, 0) is 25.7 Å². The largest absolute Gasteiger partial charge is 0.379 e. The Kier molecular flexibility index (Phi) is 4.05. The molecule has 1 aliphatic carbocycles. The quantitative estimate of drug-likeness (QED) is 0.864. The van der Waals surface area contributed by atoms with Crippen LogP contribution in [0.1, 0.15) is 44.3 Å². The van der Waals surface area contributed by atoms with Crippen molar-refractivity contribution >= 4 is 11.6 Å². The predicted octanol–water partition coefficient (Wildman–Crippen LogP) is 2.40.